The summed E-state index contributed by atoms with van der Waals surface area (Å²) in [6.07, 6.45) is 8.79. The first-order valence-electron chi connectivity index (χ1n) is 43.2. The Morgan fingerprint density at radius 3 is 1.28 bits per heavy atom. The number of hydrogen-bond acceptors (Lipinski definition) is 33. The molecule has 135 heavy (non-hydrogen) atoms. The lowest BCUT2D eigenvalue weighted by Crippen LogP contribution is -2.19. The Labute approximate surface area is 806 Å². The third-order valence-corrected chi connectivity index (χ3v) is 25.7. The summed E-state index contributed by atoms with van der Waals surface area (Å²) in [6.45, 7) is 17.9. The molecule has 0 unspecified atom stereocenters. The van der Waals surface area contributed by atoms with E-state index in [1.165, 1.54) is 4.70 Å². The van der Waals surface area contributed by atoms with Crippen LogP contribution in [0.4, 0.5) is 15.4 Å². The molecule has 19 rings (SSSR count). The molecule has 0 aliphatic heterocycles. The molecule has 0 fully saturated rings. The quantitative estimate of drug-likeness (QED) is 0.0180. The van der Waals surface area contributed by atoms with Crippen molar-refractivity contribution in [3.05, 3.63) is 311 Å². The highest BCUT2D eigenvalue weighted by Crippen LogP contribution is 2.34. The molecule has 11 aromatic heterocycles. The number of pyridine rings is 3. The first kappa shape index (κ1) is 96.8. The summed E-state index contributed by atoms with van der Waals surface area (Å²) < 4.78 is 24.3. The molecule has 0 amide bonds. The molecule has 0 saturated carbocycles. The average Bonchev–Trinajstić information content (AvgIpc) is 1.71. The smallest absolute Gasteiger partial charge is 0.204 e. The summed E-state index contributed by atoms with van der Waals surface area (Å²) in [4.78, 5) is 75.5. The number of benzene rings is 8. The van der Waals surface area contributed by atoms with E-state index in [1.54, 1.807) is 111 Å². The van der Waals surface area contributed by atoms with Crippen molar-refractivity contribution < 1.29 is 19.3 Å². The van der Waals surface area contributed by atoms with Crippen LogP contribution >= 0.6 is 68.0 Å². The molecule has 19 aromatic rings. The first-order valence-corrected chi connectivity index (χ1v) is 48.1. The summed E-state index contributed by atoms with van der Waals surface area (Å²) in [5.41, 5.74) is 25.1. The largest absolute Gasteiger partial charge is 0.507 e. The van der Waals surface area contributed by atoms with Crippen molar-refractivity contribution in [2.45, 2.75) is 61.2 Å². The molecule has 0 aliphatic rings. The third kappa shape index (κ3) is 28.9. The second kappa shape index (κ2) is 48.9. The van der Waals surface area contributed by atoms with Crippen molar-refractivity contribution in [3.63, 3.8) is 0 Å². The van der Waals surface area contributed by atoms with Crippen molar-refractivity contribution in [1.82, 2.24) is 79.5 Å². The maximum absolute atomic E-state index is 9.77. The highest BCUT2D eigenvalue weighted by molar-refractivity contribution is 7.23. The normalized spacial score (nSPS) is 12.0. The van der Waals surface area contributed by atoms with Gasteiger partial charge in [-0.05, 0) is 217 Å². The number of fused-ring (bicyclic) bond motifs is 7. The molecule has 0 spiro atoms. The zero-order valence-corrected chi connectivity index (χ0v) is 81.7. The van der Waals surface area contributed by atoms with Gasteiger partial charge in [0.2, 0.25) is 15.4 Å². The van der Waals surface area contributed by atoms with E-state index in [-0.39, 0.29) is 5.75 Å². The van der Waals surface area contributed by atoms with E-state index in [0.29, 0.717) is 50.7 Å². The number of para-hydroxylation sites is 8. The molecule has 8 aromatic carbocycles. The number of aromatic amines is 2. The van der Waals surface area contributed by atoms with Gasteiger partial charge in [-0.2, -0.15) is 15.3 Å². The fourth-order valence-corrected chi connectivity index (χ4v) is 17.8. The van der Waals surface area contributed by atoms with Crippen LogP contribution < -0.4 is 30.5 Å². The number of H-pyrrole nitrogens is 2. The van der Waals surface area contributed by atoms with Gasteiger partial charge >= 0.3 is 0 Å². The molecular formula is C100H103N25O4S6. The highest BCUT2D eigenvalue weighted by atomic mass is 32.1. The fraction of sp³-hybridized carbons (Fsp3) is 0.210. The number of ether oxygens (including phenoxy) is 3. The number of imidazole rings is 2. The van der Waals surface area contributed by atoms with E-state index in [0.717, 1.165) is 192 Å². The number of thiazole rings is 6. The van der Waals surface area contributed by atoms with Gasteiger partial charge in [-0.1, -0.05) is 125 Å². The zero-order chi connectivity index (χ0) is 94.2. The molecule has 35 heteroatoms. The Morgan fingerprint density at radius 1 is 0.348 bits per heavy atom. The number of hydrazone groups is 3. The molecule has 11 heterocycles. The Kier molecular flexibility index (Phi) is 35.1. The van der Waals surface area contributed by atoms with Gasteiger partial charge in [-0.15, -0.1) is 34.0 Å². The summed E-state index contributed by atoms with van der Waals surface area (Å²) in [7, 11) is 12.2. The van der Waals surface area contributed by atoms with E-state index in [9.17, 15) is 5.11 Å². The molecule has 0 radical (unpaired) electrons. The molecule has 688 valence electrons. The van der Waals surface area contributed by atoms with Gasteiger partial charge in [0.1, 0.15) is 74.8 Å². The SMILES string of the molecule is C/C(=N\Nc1nc2ccccc2s1)c1ccccc1O.C/C(=N\Nc1nc2ccccc2s1)c1nc2ccccc2[nH]1.C/C(=N\Nc1nc2ccccc2s1)c1ncc[nH]1.CC(=NCc1nc2c(OCCN(C)C)cccc2s1)c1ccccn1.CC(=NCc1nc2ccc(OCCN(C)C)cc2s1)c1ccccn1.CC(=NCc1nc2ccccc2s1)c1cc(OCCN(C)C)ccn1. The van der Waals surface area contributed by atoms with Gasteiger partial charge in [0.05, 0.1) is 126 Å². The molecule has 0 saturated heterocycles. The molecule has 0 bridgehead atoms. The van der Waals surface area contributed by atoms with Crippen LogP contribution in [0.5, 0.6) is 23.0 Å². The number of nitrogens with one attached hydrogen (secondary N) is 5. The lowest BCUT2D eigenvalue weighted by atomic mass is 10.1. The van der Waals surface area contributed by atoms with Crippen molar-refractivity contribution >= 4 is 190 Å². The van der Waals surface area contributed by atoms with Crippen LogP contribution in [0, 0.1) is 0 Å². The number of hydrogen-bond donors (Lipinski definition) is 6. The maximum atomic E-state index is 9.77. The van der Waals surface area contributed by atoms with Gasteiger partial charge in [-0.25, -0.2) is 39.9 Å². The predicted molar refractivity (Wildman–Crippen MR) is 561 cm³/mol. The highest BCUT2D eigenvalue weighted by Gasteiger charge is 2.15. The van der Waals surface area contributed by atoms with Crippen LogP contribution in [0.2, 0.25) is 0 Å². The van der Waals surface area contributed by atoms with Gasteiger partial charge in [0, 0.05) is 62.2 Å². The molecule has 29 nitrogen and oxygen atoms in total. The number of aromatic nitrogens is 13. The second-order valence-corrected chi connectivity index (χ2v) is 37.4. The van der Waals surface area contributed by atoms with Crippen LogP contribution in [-0.4, -0.2) is 201 Å². The average molecular weight is 1910 g/mol. The van der Waals surface area contributed by atoms with Crippen LogP contribution in [0.25, 0.3) is 72.3 Å². The Morgan fingerprint density at radius 2 is 0.778 bits per heavy atom. The van der Waals surface area contributed by atoms with Crippen LogP contribution in [-0.2, 0) is 19.6 Å². The zero-order valence-electron chi connectivity index (χ0n) is 76.8. The summed E-state index contributed by atoms with van der Waals surface area (Å²) in [5, 5.41) is 28.0. The number of anilines is 3. The number of rotatable bonds is 30. The third-order valence-electron chi connectivity index (χ3n) is 19.8. The monoisotopic (exact) mass is 1910 g/mol. The topological polar surface area (TPSA) is 341 Å². The van der Waals surface area contributed by atoms with Crippen LogP contribution in [0.1, 0.15) is 90.9 Å². The minimum atomic E-state index is 0.222. The number of aliphatic imine (C=N–C) groups is 3. The number of likely N-dealkylation sites (N-methyl/N-ethyl adjacent to an activating group) is 3. The number of nitrogens with zero attached hydrogens (tertiary/aromatic N) is 20. The molecule has 6 N–H and O–H groups in total. The van der Waals surface area contributed by atoms with Gasteiger partial charge in [0.15, 0.2) is 11.6 Å². The molecular weight excluding hydrogens is 1810 g/mol. The van der Waals surface area contributed by atoms with Crippen molar-refractivity contribution in [2.24, 2.45) is 30.3 Å². The minimum Gasteiger partial charge on any atom is -0.507 e. The first-order chi connectivity index (χ1) is 65.7. The summed E-state index contributed by atoms with van der Waals surface area (Å²) >= 11 is 9.71. The fourth-order valence-electron chi connectivity index (χ4n) is 12.6. The van der Waals surface area contributed by atoms with E-state index >= 15 is 0 Å². The Bertz CT molecular complexity index is 7080. The van der Waals surface area contributed by atoms with Crippen molar-refractivity contribution in [3.8, 4) is 23.0 Å². The summed E-state index contributed by atoms with van der Waals surface area (Å²) in [5.74, 6) is 4.28. The van der Waals surface area contributed by atoms with Crippen LogP contribution in [0.3, 0.4) is 0 Å². The van der Waals surface area contributed by atoms with Gasteiger partial charge in [-0.3, -0.25) is 46.2 Å². The number of phenolic OH excluding ortho intramolecular Hbond substituents is 1. The number of aromatic hydroxyl groups is 1. The second-order valence-electron chi connectivity index (χ2n) is 30.9. The van der Waals surface area contributed by atoms with Crippen molar-refractivity contribution in [1.29, 1.82) is 0 Å². The van der Waals surface area contributed by atoms with E-state index in [1.807, 2.05) is 284 Å². The summed E-state index contributed by atoms with van der Waals surface area (Å²) in [6, 6.07) is 74.8. The molecule has 0 aliphatic carbocycles. The lowest BCUT2D eigenvalue weighted by Gasteiger charge is -2.11. The Balaban J connectivity index is 0.000000130. The number of phenols is 1. The van der Waals surface area contributed by atoms with Crippen LogP contribution in [0.15, 0.2) is 292 Å². The van der Waals surface area contributed by atoms with Crippen molar-refractivity contribution in [2.75, 3.05) is 98.0 Å². The maximum Gasteiger partial charge on any atom is 0.204 e. The van der Waals surface area contributed by atoms with E-state index in [2.05, 4.69) is 139 Å². The predicted octanol–water partition coefficient (Wildman–Crippen LogP) is 21.6. The standard InChI is InChI=1S/3C19H22N4OS.C16H13N5S.C15H13N3OS.C12H11N5S/c1-14(15-7-4-5-10-20-15)21-13-18-22-19-16(24-12-11-23(2)3)8-6-9-17(19)25-18;1-14(16-6-4-5-9-20-16)21-13-19-22-17-8-7-15(12-18(17)25-19)24-11-10-23(2)3;1-14(17-12-15(8-9-20-17)24-11-10-23(2)3)21-13-19-22-16-6-4-5-7-18(16)25-19;1-10(15-17-11-6-2-3-7-12(11)18-15)20-21-16-19-13-8-4-5-9-14(13)22-16;1-10(11-6-2-4-8-13(11)19)17-18-15-16-12-7-3-5-9-14(12)20-15;1-8(11-13-6-7-14-11)16-17-12-15-9-4-2-3-5-10(9)18-12/h4-10H,11-13H2,1-3H3;2*4-9,12H,10-11,13H2,1-3H3;2-9H,1H3,(H,17,18)(H,19,21);2-9,19H,1H3,(H,16,18);2-7H,1H3,(H,13,14)(H,15,17)/b;;;20-10+;17-10+;16-8+. The Hall–Kier alpha value is -14.3. The minimum absolute atomic E-state index is 0.222. The lowest BCUT2D eigenvalue weighted by molar-refractivity contribution is 0.261. The van der Waals surface area contributed by atoms with E-state index < -0.39 is 0 Å². The molecule has 0 atom stereocenters. The van der Waals surface area contributed by atoms with E-state index in [4.69, 9.17) is 19.2 Å². The van der Waals surface area contributed by atoms with Gasteiger partial charge < -0.3 is 44.0 Å². The van der Waals surface area contributed by atoms with Gasteiger partial charge in [0.25, 0.3) is 0 Å².